The first kappa shape index (κ1) is 24.7. The highest BCUT2D eigenvalue weighted by Gasteiger charge is 2.49. The minimum Gasteiger partial charge on any atom is -0.479 e. The minimum absolute atomic E-state index is 0.0716. The van der Waals surface area contributed by atoms with Gasteiger partial charge < -0.3 is 19.5 Å². The Kier molecular flexibility index (Phi) is 5.72. The summed E-state index contributed by atoms with van der Waals surface area (Å²) in [5, 5.41) is 6.88. The first-order valence-corrected chi connectivity index (χ1v) is 11.2. The SMILES string of the molecule is COc1nc(N[C@@H]2CN(C(C)=O)CC2(F)F)nn2ccc(-c3ccc4nc(C)n(CC(F)(F)F)c4c3)c12. The standard InChI is InChI=1S/C23H22F5N7O2/c1-12-29-16-5-4-14(8-17(16)34(12)11-23(26,27)28)15-6-7-35-19(15)20(37-3)31-21(32-35)30-18-9-33(13(2)36)10-22(18,24)25/h4-8,18H,9-11H2,1-3H3,(H,30,32)/t18-/m1/s1. The Morgan fingerprint density at radius 3 is 2.65 bits per heavy atom. The van der Waals surface area contributed by atoms with Gasteiger partial charge in [0.1, 0.15) is 23.9 Å². The van der Waals surface area contributed by atoms with Crippen LogP contribution in [0.25, 0.3) is 27.7 Å². The Morgan fingerprint density at radius 1 is 1.24 bits per heavy atom. The van der Waals surface area contributed by atoms with Gasteiger partial charge >= 0.3 is 6.18 Å². The molecule has 1 fully saturated rings. The number of hydrogen-bond acceptors (Lipinski definition) is 6. The summed E-state index contributed by atoms with van der Waals surface area (Å²) in [7, 11) is 1.36. The molecule has 0 bridgehead atoms. The van der Waals surface area contributed by atoms with Crippen LogP contribution < -0.4 is 10.1 Å². The van der Waals surface area contributed by atoms with Crippen LogP contribution in [0, 0.1) is 6.92 Å². The summed E-state index contributed by atoms with van der Waals surface area (Å²) in [6, 6.07) is 5.21. The molecule has 5 rings (SSSR count). The molecule has 0 aliphatic carbocycles. The number of aryl methyl sites for hydroxylation is 1. The number of halogens is 5. The average molecular weight is 523 g/mol. The number of alkyl halides is 5. The van der Waals surface area contributed by atoms with Gasteiger partial charge in [-0.05, 0) is 30.7 Å². The van der Waals surface area contributed by atoms with Gasteiger partial charge in [-0.1, -0.05) is 6.07 Å². The summed E-state index contributed by atoms with van der Waals surface area (Å²) in [6.45, 7) is 0.631. The normalized spacial score (nSPS) is 17.6. The van der Waals surface area contributed by atoms with Crippen LogP contribution in [0.3, 0.4) is 0 Å². The van der Waals surface area contributed by atoms with Crippen molar-refractivity contribution in [3.05, 3.63) is 36.3 Å². The number of carbonyl (C=O) groups excluding carboxylic acids is 1. The second-order valence-corrected chi connectivity index (χ2v) is 8.89. The van der Waals surface area contributed by atoms with Gasteiger partial charge in [0.2, 0.25) is 17.7 Å². The predicted octanol–water partition coefficient (Wildman–Crippen LogP) is 3.90. The number of imidazole rings is 1. The van der Waals surface area contributed by atoms with Crippen molar-refractivity contribution in [2.24, 2.45) is 0 Å². The fourth-order valence-electron chi connectivity index (χ4n) is 4.55. The average Bonchev–Trinajstić information content (AvgIpc) is 3.46. The van der Waals surface area contributed by atoms with Gasteiger partial charge in [0.05, 0.1) is 24.7 Å². The number of methoxy groups -OCH3 is 1. The summed E-state index contributed by atoms with van der Waals surface area (Å²) in [6.07, 6.45) is -2.85. The van der Waals surface area contributed by atoms with Gasteiger partial charge in [0, 0.05) is 25.2 Å². The topological polar surface area (TPSA) is 89.6 Å². The number of fused-ring (bicyclic) bond motifs is 2. The number of nitrogens with zero attached hydrogens (tertiary/aromatic N) is 6. The lowest BCUT2D eigenvalue weighted by Crippen LogP contribution is -2.38. The van der Waals surface area contributed by atoms with Gasteiger partial charge in [0.25, 0.3) is 5.92 Å². The number of carbonyl (C=O) groups is 1. The van der Waals surface area contributed by atoms with Gasteiger partial charge in [-0.2, -0.15) is 18.2 Å². The van der Waals surface area contributed by atoms with Crippen LogP contribution in [0.1, 0.15) is 12.7 Å². The van der Waals surface area contributed by atoms with E-state index in [1.807, 2.05) is 0 Å². The van der Waals surface area contributed by atoms with Crippen LogP contribution in [0.5, 0.6) is 5.88 Å². The highest BCUT2D eigenvalue weighted by Crippen LogP contribution is 2.35. The van der Waals surface area contributed by atoms with Gasteiger partial charge in [-0.3, -0.25) is 4.79 Å². The van der Waals surface area contributed by atoms with Crippen LogP contribution in [-0.4, -0.2) is 73.3 Å². The maximum Gasteiger partial charge on any atom is 0.406 e. The fourth-order valence-corrected chi connectivity index (χ4v) is 4.55. The van der Waals surface area contributed by atoms with Crippen LogP contribution >= 0.6 is 0 Å². The third kappa shape index (κ3) is 4.51. The molecule has 4 heterocycles. The zero-order valence-electron chi connectivity index (χ0n) is 20.0. The molecule has 1 aromatic carbocycles. The zero-order valence-corrected chi connectivity index (χ0v) is 20.0. The smallest absolute Gasteiger partial charge is 0.406 e. The summed E-state index contributed by atoms with van der Waals surface area (Å²) >= 11 is 0. The molecule has 37 heavy (non-hydrogen) atoms. The molecule has 1 aliphatic rings. The van der Waals surface area contributed by atoms with E-state index in [1.165, 1.54) is 25.5 Å². The van der Waals surface area contributed by atoms with Crippen molar-refractivity contribution in [1.29, 1.82) is 0 Å². The molecule has 0 spiro atoms. The highest BCUT2D eigenvalue weighted by molar-refractivity contribution is 5.90. The van der Waals surface area contributed by atoms with Crippen LogP contribution in [0.15, 0.2) is 30.5 Å². The van der Waals surface area contributed by atoms with Crippen molar-refractivity contribution in [1.82, 2.24) is 29.0 Å². The molecular weight excluding hydrogens is 501 g/mol. The number of hydrogen-bond donors (Lipinski definition) is 1. The molecule has 0 unspecified atom stereocenters. The number of rotatable bonds is 5. The summed E-state index contributed by atoms with van der Waals surface area (Å²) in [5.74, 6) is -3.48. The van der Waals surface area contributed by atoms with Crippen molar-refractivity contribution in [3.63, 3.8) is 0 Å². The third-order valence-corrected chi connectivity index (χ3v) is 6.32. The molecule has 4 aromatic rings. The maximum absolute atomic E-state index is 14.5. The van der Waals surface area contributed by atoms with Crippen molar-refractivity contribution in [2.45, 2.75) is 38.5 Å². The van der Waals surface area contributed by atoms with Crippen LogP contribution in [-0.2, 0) is 11.3 Å². The summed E-state index contributed by atoms with van der Waals surface area (Å²) in [4.78, 5) is 21.1. The van der Waals surface area contributed by atoms with E-state index < -0.39 is 37.1 Å². The van der Waals surface area contributed by atoms with Crippen molar-refractivity contribution < 1.29 is 31.5 Å². The van der Waals surface area contributed by atoms with Crippen LogP contribution in [0.2, 0.25) is 0 Å². The van der Waals surface area contributed by atoms with E-state index in [1.54, 1.807) is 30.5 Å². The second-order valence-electron chi connectivity index (χ2n) is 8.89. The second kappa shape index (κ2) is 8.56. The Labute approximate surface area is 206 Å². The number of amides is 1. The van der Waals surface area contributed by atoms with Crippen molar-refractivity contribution in [2.75, 3.05) is 25.5 Å². The first-order valence-electron chi connectivity index (χ1n) is 11.2. The molecule has 3 aromatic heterocycles. The van der Waals surface area contributed by atoms with E-state index in [2.05, 4.69) is 20.4 Å². The monoisotopic (exact) mass is 523 g/mol. The van der Waals surface area contributed by atoms with E-state index in [9.17, 15) is 26.7 Å². The molecule has 14 heteroatoms. The number of nitrogens with one attached hydrogen (secondary N) is 1. The van der Waals surface area contributed by atoms with Crippen molar-refractivity contribution in [3.8, 4) is 17.0 Å². The number of anilines is 1. The molecule has 0 saturated carbocycles. The zero-order chi connectivity index (χ0) is 26.7. The molecular formula is C23H22F5N7O2. The van der Waals surface area contributed by atoms with Gasteiger partial charge in [-0.25, -0.2) is 18.3 Å². The molecule has 0 radical (unpaired) electrons. The van der Waals surface area contributed by atoms with E-state index in [4.69, 9.17) is 4.74 Å². The number of likely N-dealkylation sites (tertiary alicyclic amines) is 1. The summed E-state index contributed by atoms with van der Waals surface area (Å²) < 4.78 is 76.3. The largest absolute Gasteiger partial charge is 0.479 e. The fraction of sp³-hybridized carbons (Fsp3) is 0.391. The van der Waals surface area contributed by atoms with Crippen molar-refractivity contribution >= 4 is 28.4 Å². The Morgan fingerprint density at radius 2 is 2.00 bits per heavy atom. The minimum atomic E-state index is -4.42. The third-order valence-electron chi connectivity index (χ3n) is 6.32. The Hall–Kier alpha value is -3.97. The van der Waals surface area contributed by atoms with Crippen LogP contribution in [0.4, 0.5) is 27.9 Å². The molecule has 1 aliphatic heterocycles. The Balaban J connectivity index is 1.53. The highest BCUT2D eigenvalue weighted by atomic mass is 19.4. The van der Waals surface area contributed by atoms with E-state index in [0.29, 0.717) is 27.7 Å². The first-order chi connectivity index (χ1) is 17.4. The lowest BCUT2D eigenvalue weighted by Gasteiger charge is -2.19. The maximum atomic E-state index is 14.5. The molecule has 196 valence electrons. The Bertz CT molecular complexity index is 1510. The molecule has 1 atom stereocenters. The molecule has 1 N–H and O–H groups in total. The lowest BCUT2D eigenvalue weighted by atomic mass is 10.1. The summed E-state index contributed by atoms with van der Waals surface area (Å²) in [5.41, 5.74) is 2.26. The lowest BCUT2D eigenvalue weighted by molar-refractivity contribution is -0.140. The molecule has 1 saturated heterocycles. The number of benzene rings is 1. The molecule has 1 amide bonds. The molecule has 9 nitrogen and oxygen atoms in total. The predicted molar refractivity (Wildman–Crippen MR) is 124 cm³/mol. The number of ether oxygens (including phenoxy) is 1. The number of aromatic nitrogens is 5. The van der Waals surface area contributed by atoms with E-state index in [0.717, 1.165) is 9.47 Å². The van der Waals surface area contributed by atoms with Gasteiger partial charge in [0.15, 0.2) is 0 Å². The van der Waals surface area contributed by atoms with Gasteiger partial charge in [-0.15, -0.1) is 5.10 Å². The quantitative estimate of drug-likeness (QED) is 0.399. The van der Waals surface area contributed by atoms with E-state index in [-0.39, 0.29) is 24.2 Å². The van der Waals surface area contributed by atoms with E-state index >= 15 is 0 Å².